The lowest BCUT2D eigenvalue weighted by molar-refractivity contribution is 0.203. The average Bonchev–Trinajstić information content (AvgIpc) is 3.37. The number of nitrogens with zero attached hydrogens (tertiary/aromatic N) is 3. The van der Waals surface area contributed by atoms with Gasteiger partial charge in [-0.1, -0.05) is 89.9 Å². The first-order valence-corrected chi connectivity index (χ1v) is 12.3. The van der Waals surface area contributed by atoms with Gasteiger partial charge in [-0.2, -0.15) is 4.98 Å². The summed E-state index contributed by atoms with van der Waals surface area (Å²) in [5.41, 5.74) is 6.51. The molecule has 1 N–H and O–H groups in total. The summed E-state index contributed by atoms with van der Waals surface area (Å²) >= 11 is 6.41. The smallest absolute Gasteiger partial charge is 0.322 e. The van der Waals surface area contributed by atoms with Gasteiger partial charge >= 0.3 is 6.03 Å². The molecule has 1 aromatic heterocycles. The first-order valence-electron chi connectivity index (χ1n) is 12.0. The summed E-state index contributed by atoms with van der Waals surface area (Å²) < 4.78 is 5.80. The minimum atomic E-state index is -0.434. The fourth-order valence-electron chi connectivity index (χ4n) is 4.48. The van der Waals surface area contributed by atoms with E-state index in [1.165, 1.54) is 5.56 Å². The van der Waals surface area contributed by atoms with E-state index in [9.17, 15) is 4.79 Å². The molecule has 3 aromatic carbocycles. The van der Waals surface area contributed by atoms with Gasteiger partial charge in [-0.25, -0.2) is 4.79 Å². The van der Waals surface area contributed by atoms with Crippen LogP contribution in [0, 0.1) is 6.92 Å². The topological polar surface area (TPSA) is 71.3 Å². The van der Waals surface area contributed by atoms with Crippen LogP contribution in [0.1, 0.15) is 48.0 Å². The third-order valence-electron chi connectivity index (χ3n) is 6.54. The molecule has 1 aliphatic heterocycles. The van der Waals surface area contributed by atoms with Crippen LogP contribution in [0.2, 0.25) is 5.02 Å². The van der Waals surface area contributed by atoms with Crippen molar-refractivity contribution in [1.82, 2.24) is 20.4 Å². The van der Waals surface area contributed by atoms with Crippen molar-refractivity contribution >= 4 is 23.2 Å². The summed E-state index contributed by atoms with van der Waals surface area (Å²) in [6.07, 6.45) is 0.939. The quantitative estimate of drug-likeness (QED) is 0.312. The van der Waals surface area contributed by atoms with E-state index in [-0.39, 0.29) is 6.03 Å². The van der Waals surface area contributed by atoms with Gasteiger partial charge in [0.15, 0.2) is 0 Å². The van der Waals surface area contributed by atoms with Gasteiger partial charge in [0.1, 0.15) is 0 Å². The van der Waals surface area contributed by atoms with Gasteiger partial charge in [0.2, 0.25) is 5.82 Å². The summed E-state index contributed by atoms with van der Waals surface area (Å²) in [6.45, 7) is 6.37. The first kappa shape index (κ1) is 23.8. The molecule has 4 aromatic rings. The average molecular weight is 499 g/mol. The van der Waals surface area contributed by atoms with Crippen molar-refractivity contribution in [3.05, 3.63) is 112 Å². The standard InChI is InChI=1S/C29H27ClN4O2/c1-4-20-12-14-21(15-13-20)26-25(28-32-27(33-36-28)22-10-7-8-18(2)16-22)19(3)34(29(35)31-26)17-23-9-5-6-11-24(23)30/h5-16,26H,4,17H2,1-3H3,(H,31,35). The van der Waals surface area contributed by atoms with Crippen molar-refractivity contribution in [2.75, 3.05) is 0 Å². The lowest BCUT2D eigenvalue weighted by Gasteiger charge is -2.35. The maximum atomic E-state index is 13.3. The molecule has 1 unspecified atom stereocenters. The molecular formula is C29H27ClN4O2. The highest BCUT2D eigenvalue weighted by Crippen LogP contribution is 2.38. The minimum Gasteiger partial charge on any atom is -0.334 e. The van der Waals surface area contributed by atoms with Gasteiger partial charge in [-0.05, 0) is 49.1 Å². The number of aromatic nitrogens is 2. The molecule has 0 saturated carbocycles. The number of urea groups is 1. The number of nitrogens with one attached hydrogen (secondary N) is 1. The van der Waals surface area contributed by atoms with E-state index in [1.807, 2.05) is 74.5 Å². The van der Waals surface area contributed by atoms with Crippen molar-refractivity contribution in [2.45, 2.75) is 39.8 Å². The highest BCUT2D eigenvalue weighted by molar-refractivity contribution is 6.31. The van der Waals surface area contributed by atoms with E-state index in [0.29, 0.717) is 23.3 Å². The number of amides is 2. The predicted molar refractivity (Wildman–Crippen MR) is 141 cm³/mol. The normalized spacial score (nSPS) is 15.8. The summed E-state index contributed by atoms with van der Waals surface area (Å²) in [4.78, 5) is 19.8. The van der Waals surface area contributed by atoms with E-state index in [4.69, 9.17) is 21.1 Å². The summed E-state index contributed by atoms with van der Waals surface area (Å²) in [7, 11) is 0. The Bertz CT molecular complexity index is 1440. The first-order chi connectivity index (χ1) is 17.4. The number of halogens is 1. The highest BCUT2D eigenvalue weighted by Gasteiger charge is 2.36. The van der Waals surface area contributed by atoms with Gasteiger partial charge in [-0.3, -0.25) is 4.90 Å². The van der Waals surface area contributed by atoms with Crippen LogP contribution in [0.5, 0.6) is 0 Å². The highest BCUT2D eigenvalue weighted by atomic mass is 35.5. The van der Waals surface area contributed by atoms with E-state index in [0.717, 1.165) is 39.9 Å². The van der Waals surface area contributed by atoms with Crippen molar-refractivity contribution in [3.63, 3.8) is 0 Å². The predicted octanol–water partition coefficient (Wildman–Crippen LogP) is 6.96. The van der Waals surface area contributed by atoms with Gasteiger partial charge in [0, 0.05) is 16.3 Å². The van der Waals surface area contributed by atoms with Crippen LogP contribution < -0.4 is 5.32 Å². The molecule has 1 atom stereocenters. The summed E-state index contributed by atoms with van der Waals surface area (Å²) in [6, 6.07) is 23.1. The van der Waals surface area contributed by atoms with Crippen LogP contribution in [0.15, 0.2) is 83.0 Å². The lowest BCUT2D eigenvalue weighted by atomic mass is 9.93. The maximum absolute atomic E-state index is 13.3. The molecule has 0 bridgehead atoms. The van der Waals surface area contributed by atoms with E-state index in [1.54, 1.807) is 4.90 Å². The summed E-state index contributed by atoms with van der Waals surface area (Å²) in [5, 5.41) is 8.03. The van der Waals surface area contributed by atoms with Crippen LogP contribution in [-0.2, 0) is 13.0 Å². The minimum absolute atomic E-state index is 0.209. The van der Waals surface area contributed by atoms with Gasteiger partial charge in [0.05, 0.1) is 18.2 Å². The number of hydrogen-bond donors (Lipinski definition) is 1. The van der Waals surface area contributed by atoms with Crippen LogP contribution in [0.4, 0.5) is 4.79 Å². The number of aryl methyl sites for hydroxylation is 2. The number of carbonyl (C=O) groups is 1. The number of rotatable bonds is 6. The monoisotopic (exact) mass is 498 g/mol. The van der Waals surface area contributed by atoms with Crippen LogP contribution in [0.3, 0.4) is 0 Å². The van der Waals surface area contributed by atoms with Crippen molar-refractivity contribution in [3.8, 4) is 11.4 Å². The second-order valence-electron chi connectivity index (χ2n) is 8.95. The fraction of sp³-hybridized carbons (Fsp3) is 0.207. The molecule has 5 rings (SSSR count). The number of carbonyl (C=O) groups excluding carboxylic acids is 1. The molecule has 182 valence electrons. The SMILES string of the molecule is CCc1ccc(C2NC(=O)N(Cc3ccccc3Cl)C(C)=C2c2nc(-c3cccc(C)c3)no2)cc1. The number of benzene rings is 3. The van der Waals surface area contributed by atoms with Crippen molar-refractivity contribution in [1.29, 1.82) is 0 Å². The molecule has 7 heteroatoms. The second-order valence-corrected chi connectivity index (χ2v) is 9.35. The molecule has 0 radical (unpaired) electrons. The van der Waals surface area contributed by atoms with Crippen LogP contribution in [0.25, 0.3) is 17.0 Å². The Hall–Kier alpha value is -3.90. The zero-order valence-electron chi connectivity index (χ0n) is 20.5. The lowest BCUT2D eigenvalue weighted by Crippen LogP contribution is -2.45. The van der Waals surface area contributed by atoms with Gasteiger partial charge < -0.3 is 9.84 Å². The third-order valence-corrected chi connectivity index (χ3v) is 6.91. The molecular weight excluding hydrogens is 472 g/mol. The van der Waals surface area contributed by atoms with Crippen molar-refractivity contribution < 1.29 is 9.32 Å². The largest absolute Gasteiger partial charge is 0.334 e. The Labute approximate surface area is 215 Å². The van der Waals surface area contributed by atoms with Crippen LogP contribution in [-0.4, -0.2) is 21.1 Å². The van der Waals surface area contributed by atoms with Crippen molar-refractivity contribution in [2.24, 2.45) is 0 Å². The maximum Gasteiger partial charge on any atom is 0.322 e. The van der Waals surface area contributed by atoms with Gasteiger partial charge in [-0.15, -0.1) is 0 Å². The summed E-state index contributed by atoms with van der Waals surface area (Å²) in [5.74, 6) is 0.876. The molecule has 6 nitrogen and oxygen atoms in total. The molecule has 0 fully saturated rings. The fourth-order valence-corrected chi connectivity index (χ4v) is 4.67. The molecule has 2 heterocycles. The molecule has 2 amide bonds. The number of allylic oxidation sites excluding steroid dienone is 1. The van der Waals surface area contributed by atoms with Gasteiger partial charge in [0.25, 0.3) is 5.89 Å². The Morgan fingerprint density at radius 2 is 1.81 bits per heavy atom. The molecule has 0 saturated heterocycles. The molecule has 0 aliphatic carbocycles. The third kappa shape index (κ3) is 4.64. The second kappa shape index (κ2) is 9.99. The molecule has 1 aliphatic rings. The molecule has 36 heavy (non-hydrogen) atoms. The molecule has 0 spiro atoms. The Morgan fingerprint density at radius 3 is 2.53 bits per heavy atom. The van der Waals surface area contributed by atoms with E-state index >= 15 is 0 Å². The Balaban J connectivity index is 1.60. The Kier molecular flexibility index (Phi) is 6.61. The van der Waals surface area contributed by atoms with E-state index in [2.05, 4.69) is 29.5 Å². The number of hydrogen-bond acceptors (Lipinski definition) is 4. The zero-order chi connectivity index (χ0) is 25.2. The Morgan fingerprint density at radius 1 is 1.03 bits per heavy atom. The zero-order valence-corrected chi connectivity index (χ0v) is 21.2. The van der Waals surface area contributed by atoms with E-state index < -0.39 is 6.04 Å². The van der Waals surface area contributed by atoms with Crippen LogP contribution >= 0.6 is 11.6 Å².